The summed E-state index contributed by atoms with van der Waals surface area (Å²) >= 11 is 0. The lowest BCUT2D eigenvalue weighted by Gasteiger charge is -2.39. The first-order valence-corrected chi connectivity index (χ1v) is 12.5. The molecule has 0 bridgehead atoms. The molecule has 8 N–H and O–H groups in total. The van der Waals surface area contributed by atoms with Crippen molar-refractivity contribution in [3.63, 3.8) is 0 Å². The maximum atomic E-state index is 13.4. The van der Waals surface area contributed by atoms with Crippen molar-refractivity contribution in [3.8, 4) is 0 Å². The maximum Gasteiger partial charge on any atom is 0.186 e. The number of aliphatic hydroxyl groups is 8. The number of carbonyl (C=O) groups excluding carboxylic acids is 1. The van der Waals surface area contributed by atoms with Crippen molar-refractivity contribution in [2.24, 2.45) is 5.41 Å². The van der Waals surface area contributed by atoms with Gasteiger partial charge in [0.1, 0.15) is 48.8 Å². The smallest absolute Gasteiger partial charge is 0.186 e. The molecule has 0 radical (unpaired) electrons. The Balaban J connectivity index is 1.50. The molecule has 3 aliphatic rings. The largest absolute Gasteiger partial charge is 0.395 e. The zero-order valence-electron chi connectivity index (χ0n) is 21.1. The van der Waals surface area contributed by atoms with Crippen LogP contribution in [0.5, 0.6) is 0 Å². The lowest BCUT2D eigenvalue weighted by Crippen LogP contribution is -2.59. The number of aliphatic hydroxyl groups excluding tert-OH is 8. The van der Waals surface area contributed by atoms with Crippen molar-refractivity contribution < 1.29 is 64.6 Å². The molecular formula is C25H36O13. The number of rotatable bonds is 8. The molecule has 0 spiro atoms. The van der Waals surface area contributed by atoms with Crippen LogP contribution in [0.3, 0.4) is 0 Å². The maximum absolute atomic E-state index is 13.4. The second-order valence-electron chi connectivity index (χ2n) is 10.4. The van der Waals surface area contributed by atoms with Gasteiger partial charge in [-0.25, -0.2) is 0 Å². The van der Waals surface area contributed by atoms with Crippen molar-refractivity contribution in [2.75, 3.05) is 26.4 Å². The van der Waals surface area contributed by atoms with Gasteiger partial charge in [-0.2, -0.15) is 0 Å². The molecule has 1 aromatic rings. The Morgan fingerprint density at radius 1 is 0.974 bits per heavy atom. The van der Waals surface area contributed by atoms with Gasteiger partial charge < -0.3 is 59.8 Å². The third-order valence-corrected chi connectivity index (χ3v) is 7.69. The minimum atomic E-state index is -1.57. The summed E-state index contributed by atoms with van der Waals surface area (Å²) in [5.74, 6) is -0.387. The molecule has 13 heteroatoms. The minimum absolute atomic E-state index is 0.00995. The predicted octanol–water partition coefficient (Wildman–Crippen LogP) is -2.95. The highest BCUT2D eigenvalue weighted by atomic mass is 16.7. The van der Waals surface area contributed by atoms with Crippen LogP contribution < -0.4 is 0 Å². The predicted molar refractivity (Wildman–Crippen MR) is 126 cm³/mol. The average molecular weight is 545 g/mol. The summed E-state index contributed by atoms with van der Waals surface area (Å²) in [6, 6.07) is 3.38. The highest BCUT2D eigenvalue weighted by Crippen LogP contribution is 2.49. The molecule has 214 valence electrons. The summed E-state index contributed by atoms with van der Waals surface area (Å²) in [5, 5.41) is 79.5. The van der Waals surface area contributed by atoms with Crippen molar-refractivity contribution in [3.05, 3.63) is 34.4 Å². The normalized spacial score (nSPS) is 41.4. The monoisotopic (exact) mass is 544 g/mol. The molecule has 13 nitrogen and oxygen atoms in total. The number of hydrogen-bond acceptors (Lipinski definition) is 13. The van der Waals surface area contributed by atoms with Crippen LogP contribution in [0.4, 0.5) is 0 Å². The molecule has 4 rings (SSSR count). The van der Waals surface area contributed by atoms with E-state index in [1.165, 1.54) is 6.92 Å². The molecule has 0 unspecified atom stereocenters. The lowest BCUT2D eigenvalue weighted by molar-refractivity contribution is -0.300. The van der Waals surface area contributed by atoms with Crippen molar-refractivity contribution in [2.45, 2.75) is 81.7 Å². The summed E-state index contributed by atoms with van der Waals surface area (Å²) < 4.78 is 22.2. The quantitative estimate of drug-likeness (QED) is 0.164. The zero-order valence-corrected chi connectivity index (χ0v) is 21.1. The number of ether oxygens (including phenoxy) is 4. The number of fused-ring (bicyclic) bond motifs is 1. The Bertz CT molecular complexity index is 1000. The van der Waals surface area contributed by atoms with E-state index in [1.54, 1.807) is 19.1 Å². The fraction of sp³-hybridized carbons (Fsp3) is 0.720. The molecule has 0 amide bonds. The van der Waals surface area contributed by atoms with E-state index < -0.39 is 80.0 Å². The third-order valence-electron chi connectivity index (χ3n) is 7.69. The van der Waals surface area contributed by atoms with Crippen LogP contribution in [0.1, 0.15) is 40.1 Å². The standard InChI is InChI=1S/C25H36O13/c1-10-5-13-12(6-11(10)3-4-35-23-20(33)18(31)17(30)15(7-26)37-23)21(34)25(2,9-27)22(13)38-24-19(32)16(29)14(28)8-36-24/h5-6,14-20,22-24,26-33H,3-4,7-9H2,1-2H3/t14-,15-,16-,17-,18+,19+,20-,22-,23-,24+,25+/m1/s1. The van der Waals surface area contributed by atoms with Gasteiger partial charge in [-0.3, -0.25) is 4.79 Å². The number of carbonyl (C=O) groups is 1. The van der Waals surface area contributed by atoms with Crippen LogP contribution in [-0.4, -0.2) is 128 Å². The van der Waals surface area contributed by atoms with Crippen LogP contribution in [-0.2, 0) is 25.4 Å². The van der Waals surface area contributed by atoms with E-state index in [4.69, 9.17) is 18.9 Å². The van der Waals surface area contributed by atoms with Crippen molar-refractivity contribution in [1.82, 2.24) is 0 Å². The zero-order chi connectivity index (χ0) is 27.9. The third kappa shape index (κ3) is 5.14. The number of Topliss-reactive ketones (excluding diaryl/α,β-unsaturated/α-hetero) is 1. The molecule has 2 heterocycles. The van der Waals surface area contributed by atoms with E-state index in [-0.39, 0.29) is 25.4 Å². The molecular weight excluding hydrogens is 508 g/mol. The van der Waals surface area contributed by atoms with E-state index in [0.29, 0.717) is 11.1 Å². The highest BCUT2D eigenvalue weighted by molar-refractivity contribution is 6.05. The number of benzene rings is 1. The van der Waals surface area contributed by atoms with Gasteiger partial charge in [0.15, 0.2) is 18.4 Å². The lowest BCUT2D eigenvalue weighted by atomic mass is 9.84. The fourth-order valence-corrected chi connectivity index (χ4v) is 5.13. The summed E-state index contributed by atoms with van der Waals surface area (Å²) in [6.07, 6.45) is -13.4. The molecule has 0 saturated carbocycles. The van der Waals surface area contributed by atoms with E-state index >= 15 is 0 Å². The Morgan fingerprint density at radius 3 is 2.32 bits per heavy atom. The van der Waals surface area contributed by atoms with Gasteiger partial charge in [-0.1, -0.05) is 6.07 Å². The van der Waals surface area contributed by atoms with Gasteiger partial charge in [-0.05, 0) is 43.0 Å². The van der Waals surface area contributed by atoms with E-state index in [2.05, 4.69) is 0 Å². The average Bonchev–Trinajstić information content (AvgIpc) is 3.10. The van der Waals surface area contributed by atoms with Gasteiger partial charge >= 0.3 is 0 Å². The molecule has 2 saturated heterocycles. The second-order valence-corrected chi connectivity index (χ2v) is 10.4. The fourth-order valence-electron chi connectivity index (χ4n) is 5.13. The van der Waals surface area contributed by atoms with Gasteiger partial charge in [0.25, 0.3) is 0 Å². The molecule has 38 heavy (non-hydrogen) atoms. The summed E-state index contributed by atoms with van der Waals surface area (Å²) in [5.41, 5.74) is 0.843. The van der Waals surface area contributed by atoms with Gasteiger partial charge in [-0.15, -0.1) is 0 Å². The molecule has 11 atom stereocenters. The van der Waals surface area contributed by atoms with Gasteiger partial charge in [0, 0.05) is 5.56 Å². The topological polar surface area (TPSA) is 216 Å². The second kappa shape index (κ2) is 11.5. The molecule has 1 aliphatic carbocycles. The van der Waals surface area contributed by atoms with Crippen LogP contribution >= 0.6 is 0 Å². The SMILES string of the molecule is Cc1cc2c(cc1CCO[C@@H]1O[C@H](CO)[C@@H](O)[C@H](O)[C@H]1O)C(=O)[C@](C)(CO)[C@@H]2O[C@@H]1OC[C@@H](O)[C@@H](O)[C@@H]1O. The van der Waals surface area contributed by atoms with Gasteiger partial charge in [0.05, 0.1) is 31.8 Å². The van der Waals surface area contributed by atoms with E-state index in [0.717, 1.165) is 11.1 Å². The summed E-state index contributed by atoms with van der Waals surface area (Å²) in [7, 11) is 0. The van der Waals surface area contributed by atoms with Crippen molar-refractivity contribution in [1.29, 1.82) is 0 Å². The van der Waals surface area contributed by atoms with Crippen LogP contribution in [0, 0.1) is 12.3 Å². The first kappa shape index (κ1) is 29.4. The molecule has 0 aromatic heterocycles. The van der Waals surface area contributed by atoms with E-state index in [1.807, 2.05) is 0 Å². The minimum Gasteiger partial charge on any atom is -0.395 e. The van der Waals surface area contributed by atoms with Crippen molar-refractivity contribution >= 4 is 5.78 Å². The van der Waals surface area contributed by atoms with E-state index in [9.17, 15) is 45.6 Å². The molecule has 2 fully saturated rings. The number of ketones is 1. The molecule has 1 aromatic carbocycles. The van der Waals surface area contributed by atoms with Crippen LogP contribution in [0.2, 0.25) is 0 Å². The first-order valence-electron chi connectivity index (χ1n) is 12.5. The number of aryl methyl sites for hydroxylation is 1. The Morgan fingerprint density at radius 2 is 1.66 bits per heavy atom. The van der Waals surface area contributed by atoms with Gasteiger partial charge in [0.2, 0.25) is 0 Å². The van der Waals surface area contributed by atoms with Crippen LogP contribution in [0.25, 0.3) is 0 Å². The summed E-state index contributed by atoms with van der Waals surface area (Å²) in [4.78, 5) is 13.4. The Hall–Kier alpha value is -1.59. The first-order chi connectivity index (χ1) is 17.9. The Labute approximate surface area is 218 Å². The molecule has 2 aliphatic heterocycles. The Kier molecular flexibility index (Phi) is 8.89. The van der Waals surface area contributed by atoms with Crippen LogP contribution in [0.15, 0.2) is 12.1 Å². The summed E-state index contributed by atoms with van der Waals surface area (Å²) in [6.45, 7) is 1.91. The highest BCUT2D eigenvalue weighted by Gasteiger charge is 2.53. The number of hydrogen-bond donors (Lipinski definition) is 8.